The fourth-order valence-electron chi connectivity index (χ4n) is 1.48. The van der Waals surface area contributed by atoms with Gasteiger partial charge in [0.05, 0.1) is 0 Å². The molecule has 0 radical (unpaired) electrons. The van der Waals surface area contributed by atoms with E-state index < -0.39 is 0 Å². The van der Waals surface area contributed by atoms with Crippen molar-refractivity contribution in [1.82, 2.24) is 0 Å². The van der Waals surface area contributed by atoms with Crippen LogP contribution in [0.1, 0.15) is 10.4 Å². The lowest BCUT2D eigenvalue weighted by Gasteiger charge is -2.03. The molecule has 0 saturated heterocycles. The van der Waals surface area contributed by atoms with Gasteiger partial charge >= 0.3 is 0 Å². The summed E-state index contributed by atoms with van der Waals surface area (Å²) in [6.45, 7) is 0. The van der Waals surface area contributed by atoms with E-state index >= 15 is 0 Å². The Balaban J connectivity index is 0.00000112. The van der Waals surface area contributed by atoms with Crippen LogP contribution in [0.2, 0.25) is 0 Å². The smallest absolute Gasteiger partial charge is 0.150 e. The lowest BCUT2D eigenvalue weighted by molar-refractivity contribution is 0.112. The Labute approximate surface area is 96.2 Å². The van der Waals surface area contributed by atoms with Crippen molar-refractivity contribution in [2.24, 2.45) is 0 Å². The number of aldehydes is 1. The second kappa shape index (κ2) is 5.37. The quantitative estimate of drug-likeness (QED) is 0.704. The average Bonchev–Trinajstić information content (AvgIpc) is 2.30. The van der Waals surface area contributed by atoms with E-state index in [1.807, 2.05) is 54.6 Å². The molecule has 0 unspecified atom stereocenters. The van der Waals surface area contributed by atoms with Gasteiger partial charge in [-0.25, -0.2) is 0 Å². The first-order valence-corrected chi connectivity index (χ1v) is 4.51. The van der Waals surface area contributed by atoms with Gasteiger partial charge < -0.3 is 0 Å². The monoisotopic (exact) mass is 216 g/mol. The molecule has 15 heavy (non-hydrogen) atoms. The van der Waals surface area contributed by atoms with E-state index in [-0.39, 0.29) is 13.5 Å². The summed E-state index contributed by atoms with van der Waals surface area (Å²) in [7, 11) is 0. The summed E-state index contributed by atoms with van der Waals surface area (Å²) in [4.78, 5) is 10.8. The number of rotatable bonds is 2. The van der Waals surface area contributed by atoms with E-state index in [2.05, 4.69) is 0 Å². The van der Waals surface area contributed by atoms with Crippen LogP contribution in [0, 0.1) is 0 Å². The molecule has 0 N–H and O–H groups in total. The van der Waals surface area contributed by atoms with Crippen molar-refractivity contribution >= 4 is 19.8 Å². The Morgan fingerprint density at radius 1 is 0.800 bits per heavy atom. The SMILES string of the molecule is O=Cc1ccccc1-c1ccccc1.S. The third kappa shape index (κ3) is 2.48. The van der Waals surface area contributed by atoms with Crippen molar-refractivity contribution in [2.45, 2.75) is 0 Å². The molecule has 2 heteroatoms. The van der Waals surface area contributed by atoms with Crippen LogP contribution in [0.25, 0.3) is 11.1 Å². The zero-order valence-corrected chi connectivity index (χ0v) is 9.18. The average molecular weight is 216 g/mol. The standard InChI is InChI=1S/C13H10O.H2S/c14-10-12-8-4-5-9-13(12)11-6-2-1-3-7-11;/h1-10H;1H2. The number of hydrogen-bond donors (Lipinski definition) is 0. The molecule has 0 spiro atoms. The first-order chi connectivity index (χ1) is 6.92. The molecule has 0 saturated carbocycles. The Bertz CT molecular complexity index is 437. The Hall–Kier alpha value is -1.54. The fraction of sp³-hybridized carbons (Fsp3) is 0. The van der Waals surface area contributed by atoms with Gasteiger partial charge in [0.25, 0.3) is 0 Å². The topological polar surface area (TPSA) is 17.1 Å². The highest BCUT2D eigenvalue weighted by molar-refractivity contribution is 7.59. The third-order valence-corrected chi connectivity index (χ3v) is 2.17. The normalized spacial score (nSPS) is 9.07. The zero-order valence-electron chi connectivity index (χ0n) is 8.18. The van der Waals surface area contributed by atoms with Gasteiger partial charge in [-0.15, -0.1) is 0 Å². The Morgan fingerprint density at radius 3 is 2.07 bits per heavy atom. The predicted molar refractivity (Wildman–Crippen MR) is 67.6 cm³/mol. The van der Waals surface area contributed by atoms with E-state index in [1.54, 1.807) is 0 Å². The molecule has 2 aromatic carbocycles. The van der Waals surface area contributed by atoms with Crippen molar-refractivity contribution < 1.29 is 4.79 Å². The molecule has 2 rings (SSSR count). The van der Waals surface area contributed by atoms with Gasteiger partial charge in [0.1, 0.15) is 0 Å². The van der Waals surface area contributed by atoms with Gasteiger partial charge in [0, 0.05) is 5.56 Å². The molecular formula is C13H12OS. The first-order valence-electron chi connectivity index (χ1n) is 4.51. The highest BCUT2D eigenvalue weighted by atomic mass is 32.1. The van der Waals surface area contributed by atoms with Crippen LogP contribution in [-0.2, 0) is 0 Å². The number of hydrogen-bond acceptors (Lipinski definition) is 1. The largest absolute Gasteiger partial charge is 0.298 e. The molecule has 2 aromatic rings. The van der Waals surface area contributed by atoms with Crippen molar-refractivity contribution in [1.29, 1.82) is 0 Å². The summed E-state index contributed by atoms with van der Waals surface area (Å²) in [6.07, 6.45) is 0.891. The molecular weight excluding hydrogens is 204 g/mol. The van der Waals surface area contributed by atoms with Crippen LogP contribution < -0.4 is 0 Å². The van der Waals surface area contributed by atoms with E-state index in [0.29, 0.717) is 0 Å². The molecule has 0 aromatic heterocycles. The summed E-state index contributed by atoms with van der Waals surface area (Å²) in [5.74, 6) is 0. The minimum Gasteiger partial charge on any atom is -0.298 e. The van der Waals surface area contributed by atoms with Gasteiger partial charge in [-0.1, -0.05) is 54.6 Å². The van der Waals surface area contributed by atoms with Crippen molar-refractivity contribution in [2.75, 3.05) is 0 Å². The lowest BCUT2D eigenvalue weighted by Crippen LogP contribution is -1.85. The van der Waals surface area contributed by atoms with E-state index in [1.165, 1.54) is 0 Å². The van der Waals surface area contributed by atoms with Crippen molar-refractivity contribution in [3.05, 3.63) is 60.2 Å². The van der Waals surface area contributed by atoms with Crippen LogP contribution >= 0.6 is 13.5 Å². The van der Waals surface area contributed by atoms with Crippen LogP contribution in [0.5, 0.6) is 0 Å². The van der Waals surface area contributed by atoms with Gasteiger partial charge in [-0.05, 0) is 11.1 Å². The lowest BCUT2D eigenvalue weighted by atomic mass is 10.0. The fourth-order valence-corrected chi connectivity index (χ4v) is 1.48. The van der Waals surface area contributed by atoms with Crippen LogP contribution in [0.3, 0.4) is 0 Å². The molecule has 0 bridgehead atoms. The second-order valence-electron chi connectivity index (χ2n) is 3.07. The number of carbonyl (C=O) groups excluding carboxylic acids is 1. The molecule has 0 heterocycles. The van der Waals surface area contributed by atoms with E-state index in [4.69, 9.17) is 0 Å². The summed E-state index contributed by atoms with van der Waals surface area (Å²) < 4.78 is 0. The van der Waals surface area contributed by atoms with Gasteiger partial charge in [-0.2, -0.15) is 13.5 Å². The van der Waals surface area contributed by atoms with E-state index in [0.717, 1.165) is 23.0 Å². The third-order valence-electron chi connectivity index (χ3n) is 2.17. The first kappa shape index (κ1) is 11.5. The highest BCUT2D eigenvalue weighted by Gasteiger charge is 2.01. The maximum Gasteiger partial charge on any atom is 0.150 e. The maximum absolute atomic E-state index is 10.8. The number of benzene rings is 2. The van der Waals surface area contributed by atoms with Crippen LogP contribution in [-0.4, -0.2) is 6.29 Å². The summed E-state index contributed by atoms with van der Waals surface area (Å²) >= 11 is 0. The Morgan fingerprint density at radius 2 is 1.40 bits per heavy atom. The van der Waals surface area contributed by atoms with E-state index in [9.17, 15) is 4.79 Å². The van der Waals surface area contributed by atoms with Crippen LogP contribution in [0.15, 0.2) is 54.6 Å². The minimum absolute atomic E-state index is 0. The molecule has 0 aliphatic rings. The van der Waals surface area contributed by atoms with Crippen LogP contribution in [0.4, 0.5) is 0 Å². The predicted octanol–water partition coefficient (Wildman–Crippen LogP) is 3.28. The summed E-state index contributed by atoms with van der Waals surface area (Å²) in [6, 6.07) is 17.5. The molecule has 1 nitrogen and oxygen atoms in total. The molecule has 0 aliphatic carbocycles. The Kier molecular flexibility index (Phi) is 4.13. The molecule has 76 valence electrons. The second-order valence-corrected chi connectivity index (χ2v) is 3.07. The minimum atomic E-state index is 0. The number of carbonyl (C=O) groups is 1. The molecule has 0 aliphatic heterocycles. The van der Waals surface area contributed by atoms with Gasteiger partial charge in [-0.3, -0.25) is 4.79 Å². The molecule has 0 atom stereocenters. The van der Waals surface area contributed by atoms with Gasteiger partial charge in [0.2, 0.25) is 0 Å². The zero-order chi connectivity index (χ0) is 9.80. The summed E-state index contributed by atoms with van der Waals surface area (Å²) in [5.41, 5.74) is 2.80. The molecule has 0 fully saturated rings. The van der Waals surface area contributed by atoms with Crippen molar-refractivity contribution in [3.63, 3.8) is 0 Å². The maximum atomic E-state index is 10.8. The molecule has 0 amide bonds. The van der Waals surface area contributed by atoms with Gasteiger partial charge in [0.15, 0.2) is 6.29 Å². The van der Waals surface area contributed by atoms with Crippen molar-refractivity contribution in [3.8, 4) is 11.1 Å². The summed E-state index contributed by atoms with van der Waals surface area (Å²) in [5, 5.41) is 0. The highest BCUT2D eigenvalue weighted by Crippen LogP contribution is 2.21.